The Morgan fingerprint density at radius 2 is 2.29 bits per heavy atom. The highest BCUT2D eigenvalue weighted by Crippen LogP contribution is 2.18. The van der Waals surface area contributed by atoms with E-state index in [1.54, 1.807) is 0 Å². The van der Waals surface area contributed by atoms with E-state index >= 15 is 0 Å². The molecular formula is C11H13NO2. The molecule has 14 heavy (non-hydrogen) atoms. The summed E-state index contributed by atoms with van der Waals surface area (Å²) >= 11 is 0. The minimum atomic E-state index is -0.767. The Morgan fingerprint density at radius 3 is 3.00 bits per heavy atom. The van der Waals surface area contributed by atoms with Gasteiger partial charge in [-0.3, -0.25) is 4.79 Å². The molecule has 2 N–H and O–H groups in total. The Labute approximate surface area is 82.8 Å². The van der Waals surface area contributed by atoms with Crippen LogP contribution in [0, 0.1) is 6.92 Å². The van der Waals surface area contributed by atoms with Gasteiger partial charge in [0.25, 0.3) is 0 Å². The molecule has 1 unspecified atom stereocenters. The van der Waals surface area contributed by atoms with Crippen LogP contribution in [0.25, 0.3) is 0 Å². The number of carbonyl (C=O) groups is 1. The highest BCUT2D eigenvalue weighted by molar-refractivity contribution is 5.74. The molecule has 0 amide bonds. The van der Waals surface area contributed by atoms with E-state index in [9.17, 15) is 4.79 Å². The normalized spacial score (nSPS) is 20.2. The van der Waals surface area contributed by atoms with Gasteiger partial charge in [0, 0.05) is 6.54 Å². The monoisotopic (exact) mass is 191 g/mol. The summed E-state index contributed by atoms with van der Waals surface area (Å²) in [6.07, 6.45) is 0.590. The third-order valence-corrected chi connectivity index (χ3v) is 2.62. The van der Waals surface area contributed by atoms with E-state index in [1.165, 1.54) is 11.1 Å². The summed E-state index contributed by atoms with van der Waals surface area (Å²) < 4.78 is 0. The van der Waals surface area contributed by atoms with Crippen molar-refractivity contribution in [1.82, 2.24) is 5.32 Å². The molecule has 1 atom stereocenters. The van der Waals surface area contributed by atoms with Gasteiger partial charge in [-0.1, -0.05) is 23.8 Å². The van der Waals surface area contributed by atoms with Crippen LogP contribution < -0.4 is 5.32 Å². The highest BCUT2D eigenvalue weighted by Gasteiger charge is 2.23. The number of fused-ring (bicyclic) bond motifs is 1. The molecule has 1 aromatic carbocycles. The summed E-state index contributed by atoms with van der Waals surface area (Å²) in [6.45, 7) is 2.69. The molecule has 0 spiro atoms. The van der Waals surface area contributed by atoms with E-state index in [1.807, 2.05) is 6.92 Å². The maximum Gasteiger partial charge on any atom is 0.321 e. The van der Waals surface area contributed by atoms with Gasteiger partial charge in [0.2, 0.25) is 0 Å². The van der Waals surface area contributed by atoms with Crippen molar-refractivity contribution in [1.29, 1.82) is 0 Å². The van der Waals surface area contributed by atoms with Crippen molar-refractivity contribution in [2.45, 2.75) is 25.9 Å². The first-order chi connectivity index (χ1) is 6.66. The topological polar surface area (TPSA) is 49.3 Å². The zero-order valence-corrected chi connectivity index (χ0v) is 8.08. The lowest BCUT2D eigenvalue weighted by atomic mass is 9.94. The van der Waals surface area contributed by atoms with Crippen molar-refractivity contribution in [3.05, 3.63) is 34.9 Å². The molecule has 1 aliphatic heterocycles. The first kappa shape index (κ1) is 9.21. The zero-order chi connectivity index (χ0) is 10.1. The van der Waals surface area contributed by atoms with E-state index in [-0.39, 0.29) is 0 Å². The molecule has 0 radical (unpaired) electrons. The lowest BCUT2D eigenvalue weighted by Gasteiger charge is -2.23. The Hall–Kier alpha value is -1.35. The largest absolute Gasteiger partial charge is 0.480 e. The van der Waals surface area contributed by atoms with Crippen LogP contribution in [-0.2, 0) is 17.8 Å². The van der Waals surface area contributed by atoms with Gasteiger partial charge in [-0.2, -0.15) is 0 Å². The van der Waals surface area contributed by atoms with Crippen LogP contribution in [0.15, 0.2) is 18.2 Å². The summed E-state index contributed by atoms with van der Waals surface area (Å²) in [4.78, 5) is 10.8. The second kappa shape index (κ2) is 3.42. The number of carboxylic acid groups (broad SMARTS) is 1. The highest BCUT2D eigenvalue weighted by atomic mass is 16.4. The fourth-order valence-corrected chi connectivity index (χ4v) is 1.82. The maximum atomic E-state index is 10.8. The first-order valence-electron chi connectivity index (χ1n) is 4.71. The molecule has 0 aliphatic carbocycles. The van der Waals surface area contributed by atoms with Crippen LogP contribution in [-0.4, -0.2) is 17.1 Å². The third-order valence-electron chi connectivity index (χ3n) is 2.62. The molecule has 1 aliphatic rings. The van der Waals surface area contributed by atoms with Crippen molar-refractivity contribution in [2.24, 2.45) is 0 Å². The number of hydrogen-bond donors (Lipinski definition) is 2. The molecule has 0 bridgehead atoms. The Bertz CT molecular complexity index is 374. The number of hydrogen-bond acceptors (Lipinski definition) is 2. The first-order valence-corrected chi connectivity index (χ1v) is 4.71. The van der Waals surface area contributed by atoms with Crippen molar-refractivity contribution in [2.75, 3.05) is 0 Å². The second-order valence-corrected chi connectivity index (χ2v) is 3.75. The fraction of sp³-hybridized carbons (Fsp3) is 0.364. The van der Waals surface area contributed by atoms with Gasteiger partial charge in [-0.05, 0) is 24.5 Å². The van der Waals surface area contributed by atoms with Crippen LogP contribution in [0.5, 0.6) is 0 Å². The van der Waals surface area contributed by atoms with E-state index in [0.29, 0.717) is 13.0 Å². The van der Waals surface area contributed by atoms with E-state index in [4.69, 9.17) is 5.11 Å². The quantitative estimate of drug-likeness (QED) is 0.698. The third kappa shape index (κ3) is 1.63. The van der Waals surface area contributed by atoms with Crippen LogP contribution in [0.1, 0.15) is 16.7 Å². The number of carboxylic acids is 1. The minimum Gasteiger partial charge on any atom is -0.480 e. The average molecular weight is 191 g/mol. The van der Waals surface area contributed by atoms with Crippen molar-refractivity contribution in [3.8, 4) is 0 Å². The van der Waals surface area contributed by atoms with Crippen LogP contribution in [0.2, 0.25) is 0 Å². The number of rotatable bonds is 1. The number of benzene rings is 1. The predicted molar refractivity (Wildman–Crippen MR) is 53.1 cm³/mol. The van der Waals surface area contributed by atoms with Crippen LogP contribution >= 0.6 is 0 Å². The van der Waals surface area contributed by atoms with Gasteiger partial charge in [0.15, 0.2) is 0 Å². The lowest BCUT2D eigenvalue weighted by molar-refractivity contribution is -0.139. The van der Waals surface area contributed by atoms with Gasteiger partial charge < -0.3 is 10.4 Å². The fourth-order valence-electron chi connectivity index (χ4n) is 1.82. The summed E-state index contributed by atoms with van der Waals surface area (Å²) in [5, 5.41) is 11.9. The van der Waals surface area contributed by atoms with Crippen LogP contribution in [0.4, 0.5) is 0 Å². The van der Waals surface area contributed by atoms with Gasteiger partial charge in [-0.25, -0.2) is 0 Å². The molecule has 0 saturated carbocycles. The molecule has 74 valence electrons. The summed E-state index contributed by atoms with van der Waals surface area (Å²) in [5.41, 5.74) is 3.57. The average Bonchev–Trinajstić information content (AvgIpc) is 2.16. The second-order valence-electron chi connectivity index (χ2n) is 3.75. The number of aryl methyl sites for hydroxylation is 1. The molecule has 0 aromatic heterocycles. The van der Waals surface area contributed by atoms with Crippen molar-refractivity contribution < 1.29 is 9.90 Å². The number of nitrogens with one attached hydrogen (secondary N) is 1. The zero-order valence-electron chi connectivity index (χ0n) is 8.08. The van der Waals surface area contributed by atoms with E-state index in [0.717, 1.165) is 5.56 Å². The maximum absolute atomic E-state index is 10.8. The molecule has 2 rings (SSSR count). The van der Waals surface area contributed by atoms with Gasteiger partial charge in [-0.15, -0.1) is 0 Å². The summed E-state index contributed by atoms with van der Waals surface area (Å²) in [5.74, 6) is -0.767. The minimum absolute atomic E-state index is 0.427. The van der Waals surface area contributed by atoms with Gasteiger partial charge >= 0.3 is 5.97 Å². The lowest BCUT2D eigenvalue weighted by Crippen LogP contribution is -2.41. The standard InChI is InChI=1S/C11H13NO2/c1-7-2-3-8-6-12-10(11(13)14)5-9(8)4-7/h2-4,10,12H,5-6H2,1H3,(H,13,14). The van der Waals surface area contributed by atoms with Crippen molar-refractivity contribution >= 4 is 5.97 Å². The smallest absolute Gasteiger partial charge is 0.321 e. The Kier molecular flexibility index (Phi) is 2.25. The molecule has 3 nitrogen and oxygen atoms in total. The molecule has 1 heterocycles. The van der Waals surface area contributed by atoms with E-state index < -0.39 is 12.0 Å². The molecular weight excluding hydrogens is 178 g/mol. The predicted octanol–water partition coefficient (Wildman–Crippen LogP) is 1.09. The number of aliphatic carboxylic acids is 1. The van der Waals surface area contributed by atoms with Crippen LogP contribution in [0.3, 0.4) is 0 Å². The summed E-state index contributed by atoms with van der Waals surface area (Å²) in [7, 11) is 0. The SMILES string of the molecule is Cc1ccc2c(c1)CC(C(=O)O)NC2. The molecule has 0 saturated heterocycles. The Balaban J connectivity index is 2.29. The van der Waals surface area contributed by atoms with E-state index in [2.05, 4.69) is 23.5 Å². The summed E-state index contributed by atoms with van der Waals surface area (Å²) in [6, 6.07) is 5.77. The van der Waals surface area contributed by atoms with Gasteiger partial charge in [0.05, 0.1) is 0 Å². The molecule has 1 aromatic rings. The Morgan fingerprint density at radius 1 is 1.50 bits per heavy atom. The van der Waals surface area contributed by atoms with Gasteiger partial charge in [0.1, 0.15) is 6.04 Å². The van der Waals surface area contributed by atoms with Crippen molar-refractivity contribution in [3.63, 3.8) is 0 Å². The molecule has 3 heteroatoms. The molecule has 0 fully saturated rings.